The number of hydrogen-bond acceptors (Lipinski definition) is 3. The molecule has 2 rings (SSSR count). The summed E-state index contributed by atoms with van der Waals surface area (Å²) in [7, 11) is 1.77. The number of likely N-dealkylation sites (tertiary alicyclic amines) is 1. The summed E-state index contributed by atoms with van der Waals surface area (Å²) < 4.78 is 5.12. The predicted molar refractivity (Wildman–Crippen MR) is 74.7 cm³/mol. The molecule has 0 amide bonds. The SMILES string of the molecule is COCCN1CC[C@H](NCc2cccc(C)c2)C1. The van der Waals surface area contributed by atoms with Gasteiger partial charge in [0.1, 0.15) is 0 Å². The smallest absolute Gasteiger partial charge is 0.0589 e. The molecule has 0 bridgehead atoms. The molecule has 0 radical (unpaired) electrons. The average molecular weight is 248 g/mol. The first-order valence-electron chi connectivity index (χ1n) is 6.78. The van der Waals surface area contributed by atoms with Crippen molar-refractivity contribution in [3.63, 3.8) is 0 Å². The zero-order chi connectivity index (χ0) is 12.8. The van der Waals surface area contributed by atoms with E-state index in [0.717, 1.165) is 26.2 Å². The van der Waals surface area contributed by atoms with Crippen molar-refractivity contribution in [2.24, 2.45) is 0 Å². The number of ether oxygens (including phenoxy) is 1. The van der Waals surface area contributed by atoms with Crippen molar-refractivity contribution in [1.29, 1.82) is 0 Å². The van der Waals surface area contributed by atoms with Crippen molar-refractivity contribution in [2.75, 3.05) is 33.4 Å². The number of hydrogen-bond donors (Lipinski definition) is 1. The number of rotatable bonds is 6. The van der Waals surface area contributed by atoms with Crippen LogP contribution in [0.4, 0.5) is 0 Å². The summed E-state index contributed by atoms with van der Waals surface area (Å²) in [6.45, 7) is 7.35. The van der Waals surface area contributed by atoms with Gasteiger partial charge in [0, 0.05) is 32.8 Å². The molecule has 1 atom stereocenters. The fraction of sp³-hybridized carbons (Fsp3) is 0.600. The maximum absolute atomic E-state index is 5.12. The monoisotopic (exact) mass is 248 g/mol. The molecule has 1 N–H and O–H groups in total. The van der Waals surface area contributed by atoms with E-state index >= 15 is 0 Å². The standard InChI is InChI=1S/C15H24N2O/c1-13-4-3-5-14(10-13)11-16-15-6-7-17(12-15)8-9-18-2/h3-5,10,15-16H,6-9,11-12H2,1-2H3/t15-/m0/s1. The molecule has 3 nitrogen and oxygen atoms in total. The summed E-state index contributed by atoms with van der Waals surface area (Å²) in [5.74, 6) is 0. The second-order valence-corrected chi connectivity index (χ2v) is 5.15. The molecule has 1 aromatic carbocycles. The predicted octanol–water partition coefficient (Wildman–Crippen LogP) is 1.81. The van der Waals surface area contributed by atoms with Crippen LogP contribution in [0.2, 0.25) is 0 Å². The fourth-order valence-electron chi connectivity index (χ4n) is 2.51. The maximum Gasteiger partial charge on any atom is 0.0589 e. The number of nitrogens with zero attached hydrogens (tertiary/aromatic N) is 1. The van der Waals surface area contributed by atoms with Crippen molar-refractivity contribution in [2.45, 2.75) is 25.9 Å². The van der Waals surface area contributed by atoms with Crippen LogP contribution in [0.1, 0.15) is 17.5 Å². The van der Waals surface area contributed by atoms with Crippen molar-refractivity contribution < 1.29 is 4.74 Å². The zero-order valence-electron chi connectivity index (χ0n) is 11.5. The zero-order valence-corrected chi connectivity index (χ0v) is 11.5. The van der Waals surface area contributed by atoms with Crippen molar-refractivity contribution in [1.82, 2.24) is 10.2 Å². The highest BCUT2D eigenvalue weighted by Gasteiger charge is 2.21. The van der Waals surface area contributed by atoms with E-state index in [1.165, 1.54) is 24.1 Å². The highest BCUT2D eigenvalue weighted by Crippen LogP contribution is 2.10. The topological polar surface area (TPSA) is 24.5 Å². The molecule has 0 unspecified atom stereocenters. The summed E-state index contributed by atoms with van der Waals surface area (Å²) in [6, 6.07) is 9.35. The molecule has 3 heteroatoms. The number of methoxy groups -OCH3 is 1. The normalized spacial score (nSPS) is 20.4. The van der Waals surface area contributed by atoms with Gasteiger partial charge in [0.15, 0.2) is 0 Å². The van der Waals surface area contributed by atoms with Gasteiger partial charge in [-0.2, -0.15) is 0 Å². The number of aryl methyl sites for hydroxylation is 1. The Morgan fingerprint density at radius 1 is 1.44 bits per heavy atom. The first kappa shape index (κ1) is 13.5. The molecule has 0 aromatic heterocycles. The van der Waals surface area contributed by atoms with Crippen LogP contribution < -0.4 is 5.32 Å². The van der Waals surface area contributed by atoms with Crippen LogP contribution in [0.25, 0.3) is 0 Å². The van der Waals surface area contributed by atoms with Crippen LogP contribution >= 0.6 is 0 Å². The molecular formula is C15H24N2O. The van der Waals surface area contributed by atoms with E-state index in [1.54, 1.807) is 7.11 Å². The minimum Gasteiger partial charge on any atom is -0.383 e. The average Bonchev–Trinajstić information content (AvgIpc) is 2.82. The molecule has 1 saturated heterocycles. The van der Waals surface area contributed by atoms with E-state index in [2.05, 4.69) is 41.4 Å². The second kappa shape index (κ2) is 6.88. The lowest BCUT2D eigenvalue weighted by Gasteiger charge is -2.16. The molecule has 0 saturated carbocycles. The third-order valence-electron chi connectivity index (χ3n) is 3.56. The van der Waals surface area contributed by atoms with Crippen LogP contribution in [0.15, 0.2) is 24.3 Å². The highest BCUT2D eigenvalue weighted by atomic mass is 16.5. The second-order valence-electron chi connectivity index (χ2n) is 5.15. The molecule has 1 heterocycles. The van der Waals surface area contributed by atoms with Crippen molar-refractivity contribution >= 4 is 0 Å². The molecule has 18 heavy (non-hydrogen) atoms. The van der Waals surface area contributed by atoms with E-state index in [9.17, 15) is 0 Å². The van der Waals surface area contributed by atoms with E-state index in [1.807, 2.05) is 0 Å². The lowest BCUT2D eigenvalue weighted by Crippen LogP contribution is -2.33. The lowest BCUT2D eigenvalue weighted by molar-refractivity contribution is 0.159. The van der Waals surface area contributed by atoms with Gasteiger partial charge in [0.25, 0.3) is 0 Å². The summed E-state index contributed by atoms with van der Waals surface area (Å²) in [5, 5.41) is 3.65. The quantitative estimate of drug-likeness (QED) is 0.831. The van der Waals surface area contributed by atoms with Gasteiger partial charge in [-0.05, 0) is 25.5 Å². The van der Waals surface area contributed by atoms with Gasteiger partial charge in [-0.15, -0.1) is 0 Å². The molecule has 0 spiro atoms. The van der Waals surface area contributed by atoms with Gasteiger partial charge in [-0.3, -0.25) is 4.90 Å². The van der Waals surface area contributed by atoms with E-state index < -0.39 is 0 Å². The van der Waals surface area contributed by atoms with Crippen LogP contribution in [0.3, 0.4) is 0 Å². The fourth-order valence-corrected chi connectivity index (χ4v) is 2.51. The van der Waals surface area contributed by atoms with Gasteiger partial charge in [0.05, 0.1) is 6.61 Å². The van der Waals surface area contributed by atoms with Crippen molar-refractivity contribution in [3.8, 4) is 0 Å². The molecule has 1 aliphatic heterocycles. The van der Waals surface area contributed by atoms with E-state index in [0.29, 0.717) is 6.04 Å². The molecule has 1 fully saturated rings. The van der Waals surface area contributed by atoms with Gasteiger partial charge in [-0.1, -0.05) is 29.8 Å². The van der Waals surface area contributed by atoms with Gasteiger partial charge < -0.3 is 10.1 Å². The minimum atomic E-state index is 0.627. The third-order valence-corrected chi connectivity index (χ3v) is 3.56. The summed E-state index contributed by atoms with van der Waals surface area (Å²) in [6.07, 6.45) is 1.25. The largest absolute Gasteiger partial charge is 0.383 e. The van der Waals surface area contributed by atoms with Gasteiger partial charge >= 0.3 is 0 Å². The first-order chi connectivity index (χ1) is 8.78. The Morgan fingerprint density at radius 2 is 2.33 bits per heavy atom. The lowest BCUT2D eigenvalue weighted by atomic mass is 10.1. The van der Waals surface area contributed by atoms with E-state index in [-0.39, 0.29) is 0 Å². The highest BCUT2D eigenvalue weighted by molar-refractivity contribution is 5.22. The Morgan fingerprint density at radius 3 is 3.11 bits per heavy atom. The third kappa shape index (κ3) is 4.09. The maximum atomic E-state index is 5.12. The van der Waals surface area contributed by atoms with Crippen LogP contribution in [-0.4, -0.2) is 44.3 Å². The van der Waals surface area contributed by atoms with E-state index in [4.69, 9.17) is 4.74 Å². The molecule has 100 valence electrons. The Kier molecular flexibility index (Phi) is 5.17. The van der Waals surface area contributed by atoms with Gasteiger partial charge in [-0.25, -0.2) is 0 Å². The summed E-state index contributed by atoms with van der Waals surface area (Å²) >= 11 is 0. The number of nitrogens with one attached hydrogen (secondary N) is 1. The Balaban J connectivity index is 1.72. The summed E-state index contributed by atoms with van der Waals surface area (Å²) in [4.78, 5) is 2.47. The minimum absolute atomic E-state index is 0.627. The summed E-state index contributed by atoms with van der Waals surface area (Å²) in [5.41, 5.74) is 2.72. The van der Waals surface area contributed by atoms with Gasteiger partial charge in [0.2, 0.25) is 0 Å². The molecule has 1 aliphatic rings. The molecule has 0 aliphatic carbocycles. The Hall–Kier alpha value is -0.900. The van der Waals surface area contributed by atoms with Crippen molar-refractivity contribution in [3.05, 3.63) is 35.4 Å². The van der Waals surface area contributed by atoms with Crippen LogP contribution in [-0.2, 0) is 11.3 Å². The van der Waals surface area contributed by atoms with Crippen LogP contribution in [0.5, 0.6) is 0 Å². The molecular weight excluding hydrogens is 224 g/mol. The first-order valence-corrected chi connectivity index (χ1v) is 6.78. The molecule has 1 aromatic rings. The number of benzene rings is 1. The Labute approximate surface area is 110 Å². The van der Waals surface area contributed by atoms with Crippen LogP contribution in [0, 0.1) is 6.92 Å². The Bertz CT molecular complexity index is 367.